The minimum Gasteiger partial charge on any atom is -0.463 e. The highest BCUT2D eigenvalue weighted by atomic mass is 35.5. The average Bonchev–Trinajstić information content (AvgIpc) is 3.15. The molecule has 0 aliphatic carbocycles. The molecule has 3 rings (SSSR count). The molecule has 1 aliphatic heterocycles. The Labute approximate surface area is 149 Å². The first-order valence-corrected chi connectivity index (χ1v) is 8.21. The Bertz CT molecular complexity index is 680. The van der Waals surface area contributed by atoms with Gasteiger partial charge < -0.3 is 24.7 Å². The standard InChI is InChI=1S/C15H19N3O4S.ClH/c1-21-9-10(16)14(19)17-3-5-18(6-4-17)15(20)13-8-11-12(23-13)2-7-22-11;/h2,7-8,10H,3-6,9,16H2,1H3;1H. The molecule has 132 valence electrons. The van der Waals surface area contributed by atoms with Gasteiger partial charge in [0.15, 0.2) is 0 Å². The Balaban J connectivity index is 0.00000208. The average molecular weight is 374 g/mol. The maximum absolute atomic E-state index is 12.5. The molecule has 2 aromatic rings. The number of hydrogen-bond acceptors (Lipinski definition) is 6. The molecule has 1 saturated heterocycles. The fraction of sp³-hybridized carbons (Fsp3) is 0.467. The van der Waals surface area contributed by atoms with Crippen molar-refractivity contribution < 1.29 is 18.7 Å². The minimum absolute atomic E-state index is 0. The van der Waals surface area contributed by atoms with E-state index in [0.29, 0.717) is 31.1 Å². The summed E-state index contributed by atoms with van der Waals surface area (Å²) in [4.78, 5) is 28.8. The molecule has 2 amide bonds. The summed E-state index contributed by atoms with van der Waals surface area (Å²) in [6.07, 6.45) is 1.61. The summed E-state index contributed by atoms with van der Waals surface area (Å²) in [6, 6.07) is 2.98. The molecule has 0 bridgehead atoms. The molecule has 7 nitrogen and oxygen atoms in total. The van der Waals surface area contributed by atoms with E-state index >= 15 is 0 Å². The molecule has 3 heterocycles. The third kappa shape index (κ3) is 3.72. The van der Waals surface area contributed by atoms with E-state index in [2.05, 4.69) is 0 Å². The van der Waals surface area contributed by atoms with E-state index in [1.165, 1.54) is 18.4 Å². The highest BCUT2D eigenvalue weighted by Gasteiger charge is 2.28. The van der Waals surface area contributed by atoms with Gasteiger partial charge in [0, 0.05) is 39.4 Å². The molecule has 2 N–H and O–H groups in total. The van der Waals surface area contributed by atoms with Gasteiger partial charge in [0.2, 0.25) is 5.91 Å². The number of ether oxygens (including phenoxy) is 1. The van der Waals surface area contributed by atoms with Crippen LogP contribution in [0.25, 0.3) is 10.3 Å². The molecule has 0 saturated carbocycles. The number of nitrogens with two attached hydrogens (primary N) is 1. The van der Waals surface area contributed by atoms with Crippen LogP contribution in [0.3, 0.4) is 0 Å². The zero-order valence-corrected chi connectivity index (χ0v) is 14.9. The topological polar surface area (TPSA) is 89.0 Å². The first-order valence-electron chi connectivity index (χ1n) is 7.39. The fourth-order valence-corrected chi connectivity index (χ4v) is 3.59. The largest absolute Gasteiger partial charge is 0.463 e. The lowest BCUT2D eigenvalue weighted by atomic mass is 10.2. The van der Waals surface area contributed by atoms with Crippen molar-refractivity contribution in [1.29, 1.82) is 0 Å². The quantitative estimate of drug-likeness (QED) is 0.869. The van der Waals surface area contributed by atoms with Crippen LogP contribution in [0.2, 0.25) is 0 Å². The fourth-order valence-electron chi connectivity index (χ4n) is 2.64. The predicted octanol–water partition coefficient (Wildman–Crippen LogP) is 1.17. The Morgan fingerprint density at radius 1 is 1.33 bits per heavy atom. The highest BCUT2D eigenvalue weighted by molar-refractivity contribution is 7.20. The van der Waals surface area contributed by atoms with Crippen LogP contribution in [0.5, 0.6) is 0 Å². The van der Waals surface area contributed by atoms with E-state index in [1.54, 1.807) is 22.1 Å². The van der Waals surface area contributed by atoms with Crippen LogP contribution in [-0.4, -0.2) is 67.6 Å². The number of amides is 2. The number of halogens is 1. The van der Waals surface area contributed by atoms with Crippen LogP contribution in [0.1, 0.15) is 9.67 Å². The van der Waals surface area contributed by atoms with E-state index in [0.717, 1.165) is 10.3 Å². The molecule has 0 radical (unpaired) electrons. The van der Waals surface area contributed by atoms with E-state index in [9.17, 15) is 9.59 Å². The maximum Gasteiger partial charge on any atom is 0.264 e. The van der Waals surface area contributed by atoms with Gasteiger partial charge >= 0.3 is 0 Å². The molecule has 1 aliphatic rings. The molecule has 9 heteroatoms. The monoisotopic (exact) mass is 373 g/mol. The van der Waals surface area contributed by atoms with Crippen LogP contribution < -0.4 is 5.73 Å². The Kier molecular flexibility index (Phi) is 6.22. The molecular weight excluding hydrogens is 354 g/mol. The smallest absolute Gasteiger partial charge is 0.264 e. The van der Waals surface area contributed by atoms with Crippen molar-refractivity contribution in [3.63, 3.8) is 0 Å². The Morgan fingerprint density at radius 2 is 2.00 bits per heavy atom. The SMILES string of the molecule is COCC(N)C(=O)N1CCN(C(=O)c2cc3occc3s2)CC1.Cl. The van der Waals surface area contributed by atoms with Crippen LogP contribution in [-0.2, 0) is 9.53 Å². The van der Waals surface area contributed by atoms with Gasteiger partial charge in [0.25, 0.3) is 5.91 Å². The predicted molar refractivity (Wildman–Crippen MR) is 93.7 cm³/mol. The number of thiophene rings is 1. The minimum atomic E-state index is -0.647. The van der Waals surface area contributed by atoms with E-state index in [4.69, 9.17) is 14.9 Å². The molecule has 1 atom stereocenters. The van der Waals surface area contributed by atoms with Gasteiger partial charge in [-0.05, 0) is 6.07 Å². The van der Waals surface area contributed by atoms with Gasteiger partial charge in [-0.3, -0.25) is 9.59 Å². The first-order chi connectivity index (χ1) is 11.1. The summed E-state index contributed by atoms with van der Waals surface area (Å²) >= 11 is 1.42. The van der Waals surface area contributed by atoms with Gasteiger partial charge in [-0.1, -0.05) is 0 Å². The lowest BCUT2D eigenvalue weighted by molar-refractivity contribution is -0.135. The van der Waals surface area contributed by atoms with Crippen molar-refractivity contribution in [2.75, 3.05) is 39.9 Å². The van der Waals surface area contributed by atoms with Crippen molar-refractivity contribution in [1.82, 2.24) is 9.80 Å². The second kappa shape index (κ2) is 7.98. The summed E-state index contributed by atoms with van der Waals surface area (Å²) in [5.41, 5.74) is 6.50. The summed E-state index contributed by atoms with van der Waals surface area (Å²) in [7, 11) is 1.51. The molecule has 1 unspecified atom stereocenters. The Hall–Kier alpha value is -1.61. The molecule has 0 spiro atoms. The summed E-state index contributed by atoms with van der Waals surface area (Å²) in [6.45, 7) is 2.19. The number of hydrogen-bond donors (Lipinski definition) is 1. The highest BCUT2D eigenvalue weighted by Crippen LogP contribution is 2.27. The number of carbonyl (C=O) groups is 2. The number of nitrogens with zero attached hydrogens (tertiary/aromatic N) is 2. The zero-order valence-electron chi connectivity index (χ0n) is 13.3. The molecular formula is C15H20ClN3O4S. The van der Waals surface area contributed by atoms with E-state index < -0.39 is 6.04 Å². The van der Waals surface area contributed by atoms with Gasteiger partial charge in [-0.15, -0.1) is 23.7 Å². The number of rotatable bonds is 4. The third-order valence-electron chi connectivity index (χ3n) is 3.89. The van der Waals surface area contributed by atoms with Crippen molar-refractivity contribution in [2.24, 2.45) is 5.73 Å². The van der Waals surface area contributed by atoms with Crippen molar-refractivity contribution >= 4 is 45.8 Å². The van der Waals surface area contributed by atoms with Crippen LogP contribution in [0.4, 0.5) is 0 Å². The summed E-state index contributed by atoms with van der Waals surface area (Å²) < 4.78 is 11.2. The second-order valence-electron chi connectivity index (χ2n) is 5.44. The van der Waals surface area contributed by atoms with E-state index in [-0.39, 0.29) is 30.8 Å². The summed E-state index contributed by atoms with van der Waals surface area (Å²) in [5, 5.41) is 0. The molecule has 1 fully saturated rings. The van der Waals surface area contributed by atoms with Gasteiger partial charge in [0.1, 0.15) is 11.6 Å². The number of piperazine rings is 1. The first kappa shape index (κ1) is 18.7. The Morgan fingerprint density at radius 3 is 2.62 bits per heavy atom. The second-order valence-corrected chi connectivity index (χ2v) is 6.52. The van der Waals surface area contributed by atoms with Crippen molar-refractivity contribution in [3.05, 3.63) is 23.3 Å². The normalized spacial score (nSPS) is 16.1. The zero-order chi connectivity index (χ0) is 16.4. The van der Waals surface area contributed by atoms with E-state index in [1.807, 2.05) is 6.07 Å². The van der Waals surface area contributed by atoms with Crippen molar-refractivity contribution in [3.8, 4) is 0 Å². The number of carbonyl (C=O) groups excluding carboxylic acids is 2. The summed E-state index contributed by atoms with van der Waals surface area (Å²) in [5.74, 6) is -0.151. The lowest BCUT2D eigenvalue weighted by Gasteiger charge is -2.35. The lowest BCUT2D eigenvalue weighted by Crippen LogP contribution is -2.55. The van der Waals surface area contributed by atoms with Gasteiger partial charge in [-0.25, -0.2) is 0 Å². The van der Waals surface area contributed by atoms with Crippen LogP contribution in [0.15, 0.2) is 22.8 Å². The number of furan rings is 1. The molecule has 24 heavy (non-hydrogen) atoms. The molecule has 2 aromatic heterocycles. The number of methoxy groups -OCH3 is 1. The van der Waals surface area contributed by atoms with Gasteiger partial charge in [-0.2, -0.15) is 0 Å². The van der Waals surface area contributed by atoms with Gasteiger partial charge in [0.05, 0.1) is 22.4 Å². The van der Waals surface area contributed by atoms with Crippen LogP contribution in [0, 0.1) is 0 Å². The third-order valence-corrected chi connectivity index (χ3v) is 4.96. The maximum atomic E-state index is 12.5. The van der Waals surface area contributed by atoms with Crippen molar-refractivity contribution in [2.45, 2.75) is 6.04 Å². The van der Waals surface area contributed by atoms with Crippen LogP contribution >= 0.6 is 23.7 Å². The number of fused-ring (bicyclic) bond motifs is 1. The molecule has 0 aromatic carbocycles.